The number of fused-ring (bicyclic) bond motifs is 8. The Morgan fingerprint density at radius 1 is 0.286 bits per heavy atom. The molecule has 0 aliphatic heterocycles. The summed E-state index contributed by atoms with van der Waals surface area (Å²) in [7, 11) is 0. The molecule has 0 radical (unpaired) electrons. The van der Waals surface area contributed by atoms with Gasteiger partial charge in [0.1, 0.15) is 34.0 Å². The first-order valence-electron chi connectivity index (χ1n) is 18.4. The fourth-order valence-electron chi connectivity index (χ4n) is 8.06. The van der Waals surface area contributed by atoms with Crippen molar-refractivity contribution in [2.24, 2.45) is 0 Å². The molecule has 2 heterocycles. The molecule has 0 saturated carbocycles. The standard InChI is InChI=1S/C50H30F2N2O2/c51-35-9-7-15-39(27-35)53(37-11-3-1-4-12-37)41-19-17-31-23-43-45-29-46-44-24-32-18-20-42(54(38-13-5-2-6-14-38)40-16-8-10-36(52)28-40)22-34(32)26-48(44)56-50(46)30-49(45)55-47(43)25-33(31)21-41/h1-30H. The largest absolute Gasteiger partial charge is 0.456 e. The lowest BCUT2D eigenvalue weighted by atomic mass is 10.0. The Bertz CT molecular complexity index is 3080. The van der Waals surface area contributed by atoms with Gasteiger partial charge in [0.2, 0.25) is 0 Å². The van der Waals surface area contributed by atoms with Crippen molar-refractivity contribution in [2.45, 2.75) is 0 Å². The Labute approximate surface area is 319 Å². The number of hydrogen-bond acceptors (Lipinski definition) is 4. The third-order valence-electron chi connectivity index (χ3n) is 10.6. The molecule has 0 saturated heterocycles. The fraction of sp³-hybridized carbons (Fsp3) is 0. The van der Waals surface area contributed by atoms with E-state index in [9.17, 15) is 8.78 Å². The second kappa shape index (κ2) is 12.6. The van der Waals surface area contributed by atoms with Crippen LogP contribution in [-0.2, 0) is 0 Å². The summed E-state index contributed by atoms with van der Waals surface area (Å²) in [6, 6.07) is 58.5. The van der Waals surface area contributed by atoms with E-state index >= 15 is 0 Å². The zero-order valence-electron chi connectivity index (χ0n) is 29.8. The maximum atomic E-state index is 14.4. The molecule has 11 rings (SSSR count). The van der Waals surface area contributed by atoms with Crippen molar-refractivity contribution in [3.63, 3.8) is 0 Å². The average molecular weight is 729 g/mol. The minimum Gasteiger partial charge on any atom is -0.456 e. The SMILES string of the molecule is Fc1cccc(N(c2ccccc2)c2ccc3cc4c(cc3c2)oc2cc3oc5cc6cc(N(c7ccccc7)c7cccc(F)c7)ccc6cc5c3cc24)c1. The van der Waals surface area contributed by atoms with Crippen LogP contribution in [0.5, 0.6) is 0 Å². The number of furan rings is 2. The number of rotatable bonds is 6. The smallest absolute Gasteiger partial charge is 0.139 e. The molecular weight excluding hydrogens is 699 g/mol. The van der Waals surface area contributed by atoms with Gasteiger partial charge < -0.3 is 18.6 Å². The van der Waals surface area contributed by atoms with E-state index in [1.165, 1.54) is 12.1 Å². The van der Waals surface area contributed by atoms with Crippen LogP contribution in [0.4, 0.5) is 42.9 Å². The van der Waals surface area contributed by atoms with Gasteiger partial charge in [0, 0.05) is 61.7 Å². The highest BCUT2D eigenvalue weighted by atomic mass is 19.1. The van der Waals surface area contributed by atoms with Gasteiger partial charge in [0.15, 0.2) is 0 Å². The molecule has 0 spiro atoms. The highest BCUT2D eigenvalue weighted by Crippen LogP contribution is 2.42. The van der Waals surface area contributed by atoms with Crippen molar-refractivity contribution in [1.82, 2.24) is 0 Å². The van der Waals surface area contributed by atoms with Crippen LogP contribution >= 0.6 is 0 Å². The van der Waals surface area contributed by atoms with Crippen LogP contribution in [0.3, 0.4) is 0 Å². The number of nitrogens with zero attached hydrogens (tertiary/aromatic N) is 2. The van der Waals surface area contributed by atoms with E-state index < -0.39 is 0 Å². The Morgan fingerprint density at radius 3 is 1.12 bits per heavy atom. The minimum atomic E-state index is -0.290. The fourth-order valence-corrected chi connectivity index (χ4v) is 8.06. The zero-order chi connectivity index (χ0) is 37.3. The number of anilines is 6. The van der Waals surface area contributed by atoms with E-state index in [0.717, 1.165) is 99.5 Å². The predicted octanol–water partition coefficient (Wildman–Crippen LogP) is 15.0. The first-order chi connectivity index (χ1) is 27.5. The van der Waals surface area contributed by atoms with Crippen LogP contribution in [0.2, 0.25) is 0 Å². The van der Waals surface area contributed by atoms with Gasteiger partial charge in [0.25, 0.3) is 0 Å². The quantitative estimate of drug-likeness (QED) is 0.171. The number of hydrogen-bond donors (Lipinski definition) is 0. The molecule has 11 aromatic rings. The molecule has 6 heteroatoms. The molecule has 2 aromatic heterocycles. The van der Waals surface area contributed by atoms with Gasteiger partial charge in [-0.2, -0.15) is 0 Å². The van der Waals surface area contributed by atoms with Crippen molar-refractivity contribution >= 4 is 99.5 Å². The van der Waals surface area contributed by atoms with Crippen LogP contribution in [-0.4, -0.2) is 0 Å². The number of benzene rings is 9. The molecule has 0 unspecified atom stereocenters. The van der Waals surface area contributed by atoms with E-state index in [-0.39, 0.29) is 11.6 Å². The molecule has 266 valence electrons. The van der Waals surface area contributed by atoms with Gasteiger partial charge in [-0.15, -0.1) is 0 Å². The van der Waals surface area contributed by atoms with Crippen molar-refractivity contribution in [1.29, 1.82) is 0 Å². The van der Waals surface area contributed by atoms with Crippen molar-refractivity contribution in [3.05, 3.63) is 194 Å². The van der Waals surface area contributed by atoms with Gasteiger partial charge in [0.05, 0.1) is 0 Å². The first-order valence-corrected chi connectivity index (χ1v) is 18.4. The molecule has 0 bridgehead atoms. The lowest BCUT2D eigenvalue weighted by molar-refractivity contribution is 0.627. The summed E-state index contributed by atoms with van der Waals surface area (Å²) < 4.78 is 41.9. The van der Waals surface area contributed by atoms with Gasteiger partial charge in [-0.05, 0) is 137 Å². The van der Waals surface area contributed by atoms with Crippen molar-refractivity contribution in [2.75, 3.05) is 9.80 Å². The summed E-state index contributed by atoms with van der Waals surface area (Å²) in [5, 5.41) is 8.21. The van der Waals surface area contributed by atoms with Crippen molar-refractivity contribution < 1.29 is 17.6 Å². The van der Waals surface area contributed by atoms with Gasteiger partial charge >= 0.3 is 0 Å². The third-order valence-corrected chi connectivity index (χ3v) is 10.6. The van der Waals surface area contributed by atoms with Gasteiger partial charge in [-0.1, -0.05) is 60.7 Å². The van der Waals surface area contributed by atoms with Crippen LogP contribution < -0.4 is 9.80 Å². The second-order valence-electron chi connectivity index (χ2n) is 14.1. The molecule has 9 aromatic carbocycles. The number of para-hydroxylation sites is 2. The van der Waals surface area contributed by atoms with Gasteiger partial charge in [-0.25, -0.2) is 8.78 Å². The van der Waals surface area contributed by atoms with E-state index in [0.29, 0.717) is 0 Å². The van der Waals surface area contributed by atoms with E-state index in [1.807, 2.05) is 78.9 Å². The normalized spacial score (nSPS) is 11.8. The molecular formula is C50H30F2N2O2. The molecule has 56 heavy (non-hydrogen) atoms. The minimum absolute atomic E-state index is 0.290. The molecule has 0 amide bonds. The van der Waals surface area contributed by atoms with E-state index in [4.69, 9.17) is 8.83 Å². The second-order valence-corrected chi connectivity index (χ2v) is 14.1. The van der Waals surface area contributed by atoms with E-state index in [2.05, 4.69) is 76.5 Å². The molecule has 4 nitrogen and oxygen atoms in total. The average Bonchev–Trinajstić information content (AvgIpc) is 3.74. The van der Waals surface area contributed by atoms with Crippen LogP contribution in [0.1, 0.15) is 0 Å². The summed E-state index contributed by atoms with van der Waals surface area (Å²) in [6.45, 7) is 0. The van der Waals surface area contributed by atoms with Crippen LogP contribution in [0.15, 0.2) is 191 Å². The topological polar surface area (TPSA) is 32.8 Å². The monoisotopic (exact) mass is 728 g/mol. The first kappa shape index (κ1) is 32.0. The molecule has 0 aliphatic rings. The van der Waals surface area contributed by atoms with Crippen LogP contribution in [0.25, 0.3) is 65.4 Å². The lowest BCUT2D eigenvalue weighted by Gasteiger charge is -2.25. The maximum Gasteiger partial charge on any atom is 0.139 e. The Hall–Kier alpha value is -7.44. The van der Waals surface area contributed by atoms with Crippen molar-refractivity contribution in [3.8, 4) is 0 Å². The van der Waals surface area contributed by atoms with Crippen LogP contribution in [0, 0.1) is 11.6 Å². The summed E-state index contributed by atoms with van der Waals surface area (Å²) >= 11 is 0. The summed E-state index contributed by atoms with van der Waals surface area (Å²) in [5.41, 5.74) is 8.20. The van der Waals surface area contributed by atoms with Gasteiger partial charge in [-0.3, -0.25) is 0 Å². The lowest BCUT2D eigenvalue weighted by Crippen LogP contribution is -2.09. The zero-order valence-corrected chi connectivity index (χ0v) is 29.8. The molecule has 0 aliphatic carbocycles. The highest BCUT2D eigenvalue weighted by Gasteiger charge is 2.19. The number of halogens is 2. The third kappa shape index (κ3) is 5.34. The predicted molar refractivity (Wildman–Crippen MR) is 225 cm³/mol. The summed E-state index contributed by atoms with van der Waals surface area (Å²) in [4.78, 5) is 4.11. The highest BCUT2D eigenvalue weighted by molar-refractivity contribution is 6.18. The molecule has 0 N–H and O–H groups in total. The Morgan fingerprint density at radius 2 is 0.679 bits per heavy atom. The summed E-state index contributed by atoms with van der Waals surface area (Å²) in [5.74, 6) is -0.580. The molecule has 0 atom stereocenters. The maximum absolute atomic E-state index is 14.4. The molecule has 0 fully saturated rings. The van der Waals surface area contributed by atoms with E-state index in [1.54, 1.807) is 24.3 Å². The summed E-state index contributed by atoms with van der Waals surface area (Å²) in [6.07, 6.45) is 0. The Balaban J connectivity index is 1.01. The Kier molecular flexibility index (Phi) is 7.19.